The van der Waals surface area contributed by atoms with E-state index in [1.807, 2.05) is 0 Å². The van der Waals surface area contributed by atoms with Crippen molar-refractivity contribution in [3.63, 3.8) is 0 Å². The number of nitro groups is 1. The van der Waals surface area contributed by atoms with Crippen LogP contribution in [0, 0.1) is 24.0 Å². The summed E-state index contributed by atoms with van der Waals surface area (Å²) in [6.45, 7) is 3.37. The fourth-order valence-electron chi connectivity index (χ4n) is 3.63. The Bertz CT molecular complexity index is 741. The maximum atomic E-state index is 12.7. The summed E-state index contributed by atoms with van der Waals surface area (Å²) in [5, 5.41) is 14.5. The summed E-state index contributed by atoms with van der Waals surface area (Å²) in [5.41, 5.74) is 0.962. The Morgan fingerprint density at radius 3 is 2.33 bits per heavy atom. The van der Waals surface area contributed by atoms with E-state index >= 15 is 0 Å². The molecule has 2 unspecified atom stereocenters. The second-order valence-corrected chi connectivity index (χ2v) is 8.25. The highest BCUT2D eigenvalue weighted by atomic mass is 35.5. The second-order valence-electron chi connectivity index (χ2n) is 6.57. The van der Waals surface area contributed by atoms with E-state index in [0.29, 0.717) is 23.2 Å². The Balaban J connectivity index is 0.00000208. The molecule has 0 amide bonds. The molecular weight excluding hydrogens is 354 g/mol. The number of rotatable bonds is 4. The number of aryl methyl sites for hydroxylation is 1. The number of benzene rings is 1. The summed E-state index contributed by atoms with van der Waals surface area (Å²) in [6.07, 6.45) is 3.70. The first-order valence-electron chi connectivity index (χ1n) is 7.80. The van der Waals surface area contributed by atoms with Gasteiger partial charge in [0.15, 0.2) is 0 Å². The van der Waals surface area contributed by atoms with Gasteiger partial charge in [0.2, 0.25) is 10.0 Å². The van der Waals surface area contributed by atoms with E-state index in [-0.39, 0.29) is 29.0 Å². The fourth-order valence-corrected chi connectivity index (χ4v) is 5.23. The van der Waals surface area contributed by atoms with Crippen molar-refractivity contribution in [2.75, 3.05) is 0 Å². The minimum absolute atomic E-state index is 0. The van der Waals surface area contributed by atoms with E-state index in [2.05, 4.69) is 10.0 Å². The number of hydrogen-bond donors (Lipinski definition) is 2. The number of non-ortho nitro benzene ring substituents is 1. The average Bonchev–Trinajstić information content (AvgIpc) is 2.79. The number of fused-ring (bicyclic) bond motifs is 2. The summed E-state index contributed by atoms with van der Waals surface area (Å²) in [7, 11) is -3.77. The van der Waals surface area contributed by atoms with Crippen LogP contribution < -0.4 is 10.0 Å². The zero-order chi connectivity index (χ0) is 16.8. The molecule has 0 saturated carbocycles. The smallest absolute Gasteiger partial charge is 0.271 e. The van der Waals surface area contributed by atoms with Gasteiger partial charge in [0, 0.05) is 30.3 Å². The predicted molar refractivity (Wildman–Crippen MR) is 93.1 cm³/mol. The first-order valence-corrected chi connectivity index (χ1v) is 9.28. The van der Waals surface area contributed by atoms with E-state index in [1.165, 1.54) is 6.07 Å². The quantitative estimate of drug-likeness (QED) is 0.620. The van der Waals surface area contributed by atoms with Crippen molar-refractivity contribution in [1.29, 1.82) is 0 Å². The number of nitro benzene ring substituents is 1. The predicted octanol–water partition coefficient (Wildman–Crippen LogP) is 2.19. The number of nitrogens with zero attached hydrogens (tertiary/aromatic N) is 1. The molecule has 134 valence electrons. The maximum absolute atomic E-state index is 12.7. The zero-order valence-corrected chi connectivity index (χ0v) is 15.2. The van der Waals surface area contributed by atoms with E-state index in [4.69, 9.17) is 0 Å². The van der Waals surface area contributed by atoms with E-state index < -0.39 is 14.9 Å². The van der Waals surface area contributed by atoms with Gasteiger partial charge in [-0.1, -0.05) is 0 Å². The summed E-state index contributed by atoms with van der Waals surface area (Å²) >= 11 is 0. The summed E-state index contributed by atoms with van der Waals surface area (Å²) in [4.78, 5) is 10.5. The minimum atomic E-state index is -3.77. The van der Waals surface area contributed by atoms with Crippen LogP contribution in [0.3, 0.4) is 0 Å². The van der Waals surface area contributed by atoms with Gasteiger partial charge in [0.05, 0.1) is 9.82 Å². The lowest BCUT2D eigenvalue weighted by atomic mass is 10.0. The summed E-state index contributed by atoms with van der Waals surface area (Å²) < 4.78 is 28.2. The molecule has 2 fully saturated rings. The normalized spacial score (nSPS) is 26.0. The minimum Gasteiger partial charge on any atom is -0.311 e. The average molecular weight is 376 g/mol. The number of sulfonamides is 1. The molecule has 2 bridgehead atoms. The van der Waals surface area contributed by atoms with Crippen molar-refractivity contribution in [2.45, 2.75) is 62.6 Å². The topological polar surface area (TPSA) is 101 Å². The number of halogens is 1. The number of hydrogen-bond acceptors (Lipinski definition) is 5. The molecule has 3 rings (SSSR count). The van der Waals surface area contributed by atoms with Crippen molar-refractivity contribution >= 4 is 28.1 Å². The lowest BCUT2D eigenvalue weighted by molar-refractivity contribution is -0.385. The van der Waals surface area contributed by atoms with Gasteiger partial charge in [0.1, 0.15) is 0 Å². The van der Waals surface area contributed by atoms with Crippen LogP contribution >= 0.6 is 12.4 Å². The molecule has 7 nitrogen and oxygen atoms in total. The van der Waals surface area contributed by atoms with Crippen LogP contribution in [0.2, 0.25) is 0 Å². The standard InChI is InChI=1S/C15H21N3O4S.ClH/c1-9-5-14(18(19)20)8-15(10(9)2)23(21,22)17-13-6-11-3-4-12(7-13)16-11;/h5,8,11-13,16-17H,3-4,6-7H2,1-2H3;1H. The van der Waals surface area contributed by atoms with Gasteiger partial charge in [-0.15, -0.1) is 12.4 Å². The second kappa shape index (κ2) is 6.95. The van der Waals surface area contributed by atoms with Crippen LogP contribution in [-0.2, 0) is 10.0 Å². The maximum Gasteiger partial charge on any atom is 0.271 e. The van der Waals surface area contributed by atoms with Crippen LogP contribution in [0.4, 0.5) is 5.69 Å². The Hall–Kier alpha value is -1.22. The van der Waals surface area contributed by atoms with Gasteiger partial charge in [0.25, 0.3) is 5.69 Å². The van der Waals surface area contributed by atoms with Gasteiger partial charge < -0.3 is 5.32 Å². The summed E-state index contributed by atoms with van der Waals surface area (Å²) in [6, 6.07) is 3.18. The highest BCUT2D eigenvalue weighted by Gasteiger charge is 2.36. The first-order chi connectivity index (χ1) is 10.8. The van der Waals surface area contributed by atoms with Crippen molar-refractivity contribution in [1.82, 2.24) is 10.0 Å². The monoisotopic (exact) mass is 375 g/mol. The Labute approximate surface area is 147 Å². The Morgan fingerprint density at radius 2 is 1.79 bits per heavy atom. The highest BCUT2D eigenvalue weighted by molar-refractivity contribution is 7.89. The van der Waals surface area contributed by atoms with Gasteiger partial charge in [-0.25, -0.2) is 13.1 Å². The molecule has 24 heavy (non-hydrogen) atoms. The van der Waals surface area contributed by atoms with Crippen molar-refractivity contribution in [3.05, 3.63) is 33.4 Å². The van der Waals surface area contributed by atoms with Gasteiger partial charge in [-0.3, -0.25) is 10.1 Å². The van der Waals surface area contributed by atoms with Crippen LogP contribution in [0.25, 0.3) is 0 Å². The van der Waals surface area contributed by atoms with Crippen molar-refractivity contribution < 1.29 is 13.3 Å². The van der Waals surface area contributed by atoms with Crippen LogP contribution in [0.15, 0.2) is 17.0 Å². The molecule has 0 aliphatic carbocycles. The largest absolute Gasteiger partial charge is 0.311 e. The lowest BCUT2D eigenvalue weighted by Gasteiger charge is -2.29. The van der Waals surface area contributed by atoms with Crippen molar-refractivity contribution in [2.24, 2.45) is 0 Å². The van der Waals surface area contributed by atoms with Crippen molar-refractivity contribution in [3.8, 4) is 0 Å². The Kier molecular flexibility index (Phi) is 5.54. The fraction of sp³-hybridized carbons (Fsp3) is 0.600. The molecular formula is C15H22ClN3O4S. The molecule has 0 radical (unpaired) electrons. The van der Waals surface area contributed by atoms with Gasteiger partial charge in [-0.2, -0.15) is 0 Å². The molecule has 9 heteroatoms. The molecule has 2 aliphatic heterocycles. The highest BCUT2D eigenvalue weighted by Crippen LogP contribution is 2.29. The molecule has 2 N–H and O–H groups in total. The summed E-state index contributed by atoms with van der Waals surface area (Å²) in [5.74, 6) is 0. The molecule has 1 aromatic rings. The van der Waals surface area contributed by atoms with Gasteiger partial charge in [-0.05, 0) is 50.7 Å². The van der Waals surface area contributed by atoms with Crippen LogP contribution in [0.1, 0.15) is 36.8 Å². The number of piperidine rings is 1. The van der Waals surface area contributed by atoms with E-state index in [0.717, 1.165) is 31.7 Å². The van der Waals surface area contributed by atoms with Crippen LogP contribution in [-0.4, -0.2) is 31.5 Å². The third-order valence-electron chi connectivity index (χ3n) is 4.90. The molecule has 1 aromatic carbocycles. The van der Waals surface area contributed by atoms with Gasteiger partial charge >= 0.3 is 0 Å². The molecule has 2 heterocycles. The molecule has 2 saturated heterocycles. The SMILES string of the molecule is Cc1cc([N+](=O)[O-])cc(S(=O)(=O)NC2CC3CCC(C2)N3)c1C.Cl. The molecule has 0 spiro atoms. The molecule has 2 aliphatic rings. The van der Waals surface area contributed by atoms with E-state index in [1.54, 1.807) is 13.8 Å². The Morgan fingerprint density at radius 1 is 1.21 bits per heavy atom. The number of nitrogens with one attached hydrogen (secondary N) is 2. The van der Waals surface area contributed by atoms with E-state index in [9.17, 15) is 18.5 Å². The zero-order valence-electron chi connectivity index (χ0n) is 13.6. The third-order valence-corrected chi connectivity index (χ3v) is 6.55. The first kappa shape index (κ1) is 19.1. The lowest BCUT2D eigenvalue weighted by Crippen LogP contribution is -2.48. The van der Waals surface area contributed by atoms with Crippen LogP contribution in [0.5, 0.6) is 0 Å². The molecule has 0 aromatic heterocycles. The third kappa shape index (κ3) is 3.72. The molecule has 2 atom stereocenters.